The van der Waals surface area contributed by atoms with Crippen molar-refractivity contribution in [3.8, 4) is 11.4 Å². The van der Waals surface area contributed by atoms with Crippen LogP contribution in [0.3, 0.4) is 0 Å². The van der Waals surface area contributed by atoms with Crippen molar-refractivity contribution < 1.29 is 13.9 Å². The second-order valence-corrected chi connectivity index (χ2v) is 6.28. The van der Waals surface area contributed by atoms with Crippen LogP contribution in [-0.2, 0) is 28.6 Å². The molecule has 0 fully saturated rings. The molecular weight excluding hydrogens is 321 g/mol. The van der Waals surface area contributed by atoms with E-state index >= 15 is 4.39 Å². The van der Waals surface area contributed by atoms with Crippen LogP contribution in [0.25, 0.3) is 11.4 Å². The molecule has 25 heavy (non-hydrogen) atoms. The van der Waals surface area contributed by atoms with Crippen LogP contribution in [0.1, 0.15) is 31.2 Å². The molecule has 0 saturated heterocycles. The SMILES string of the molecule is CCCCn1c(-c2ccccc2)nc(C(F)(OC)OC)c1CN(C)C. The van der Waals surface area contributed by atoms with Crippen molar-refractivity contribution in [3.05, 3.63) is 41.7 Å². The number of hydrogen-bond acceptors (Lipinski definition) is 4. The van der Waals surface area contributed by atoms with E-state index in [4.69, 9.17) is 9.47 Å². The molecule has 0 aliphatic rings. The molecule has 0 unspecified atom stereocenters. The second-order valence-electron chi connectivity index (χ2n) is 6.28. The van der Waals surface area contributed by atoms with Gasteiger partial charge < -0.3 is 18.9 Å². The van der Waals surface area contributed by atoms with E-state index in [1.54, 1.807) is 0 Å². The molecule has 2 rings (SSSR count). The van der Waals surface area contributed by atoms with Gasteiger partial charge in [0.25, 0.3) is 0 Å². The zero-order chi connectivity index (χ0) is 18.4. The highest BCUT2D eigenvalue weighted by Crippen LogP contribution is 2.34. The van der Waals surface area contributed by atoms with E-state index in [0.717, 1.165) is 36.5 Å². The van der Waals surface area contributed by atoms with Crippen molar-refractivity contribution in [1.82, 2.24) is 14.5 Å². The molecule has 1 aromatic carbocycles. The molecule has 6 heteroatoms. The number of hydrogen-bond donors (Lipinski definition) is 0. The Morgan fingerprint density at radius 1 is 1.16 bits per heavy atom. The summed E-state index contributed by atoms with van der Waals surface area (Å²) in [6.07, 6.45) is 2.02. The fourth-order valence-electron chi connectivity index (χ4n) is 2.83. The van der Waals surface area contributed by atoms with Gasteiger partial charge in [0.05, 0.1) is 5.69 Å². The van der Waals surface area contributed by atoms with Crippen LogP contribution in [0.5, 0.6) is 0 Å². The highest BCUT2D eigenvalue weighted by atomic mass is 19.2. The van der Waals surface area contributed by atoms with Gasteiger partial charge in [-0.3, -0.25) is 0 Å². The Bertz CT molecular complexity index is 667. The number of alkyl halides is 1. The summed E-state index contributed by atoms with van der Waals surface area (Å²) in [6.45, 7) is 3.44. The first-order valence-corrected chi connectivity index (χ1v) is 8.56. The monoisotopic (exact) mass is 349 g/mol. The number of benzene rings is 1. The largest absolute Gasteiger partial charge is 0.367 e. The summed E-state index contributed by atoms with van der Waals surface area (Å²) in [5.41, 5.74) is 1.89. The number of unbranched alkanes of at least 4 members (excludes halogenated alkanes) is 1. The van der Waals surface area contributed by atoms with Crippen LogP contribution in [-0.4, -0.2) is 42.8 Å². The number of imidazole rings is 1. The Morgan fingerprint density at radius 3 is 2.32 bits per heavy atom. The van der Waals surface area contributed by atoms with Crippen molar-refractivity contribution in [2.75, 3.05) is 28.3 Å². The minimum atomic E-state index is -2.37. The van der Waals surface area contributed by atoms with Crippen molar-refractivity contribution in [2.45, 2.75) is 38.9 Å². The molecule has 0 spiro atoms. The van der Waals surface area contributed by atoms with Gasteiger partial charge in [0.1, 0.15) is 5.82 Å². The minimum absolute atomic E-state index is 0.182. The fourth-order valence-corrected chi connectivity index (χ4v) is 2.83. The Balaban J connectivity index is 2.68. The van der Waals surface area contributed by atoms with Crippen LogP contribution in [0, 0.1) is 0 Å². The third-order valence-corrected chi connectivity index (χ3v) is 4.11. The standard InChI is InChI=1S/C19H28FN3O2/c1-6-7-13-23-16(14-22(2)3)17(19(20,24-4)25-5)21-18(23)15-11-9-8-10-12-15/h8-12H,6-7,13-14H2,1-5H3. The van der Waals surface area contributed by atoms with Crippen molar-refractivity contribution in [3.63, 3.8) is 0 Å². The van der Waals surface area contributed by atoms with E-state index < -0.39 is 6.04 Å². The van der Waals surface area contributed by atoms with Gasteiger partial charge in [0.2, 0.25) is 0 Å². The highest BCUT2D eigenvalue weighted by molar-refractivity contribution is 5.57. The fraction of sp³-hybridized carbons (Fsp3) is 0.526. The molecule has 0 saturated carbocycles. The molecule has 0 amide bonds. The lowest BCUT2D eigenvalue weighted by Crippen LogP contribution is -2.28. The summed E-state index contributed by atoms with van der Waals surface area (Å²) in [5.74, 6) is 0.733. The Hall–Kier alpha value is -1.76. The first-order valence-electron chi connectivity index (χ1n) is 8.56. The van der Waals surface area contributed by atoms with E-state index in [1.807, 2.05) is 49.3 Å². The first-order chi connectivity index (χ1) is 12.0. The summed E-state index contributed by atoms with van der Waals surface area (Å²) in [6, 6.07) is 7.45. The Labute approximate surface area is 149 Å². The highest BCUT2D eigenvalue weighted by Gasteiger charge is 2.39. The molecule has 5 nitrogen and oxygen atoms in total. The van der Waals surface area contributed by atoms with E-state index in [1.165, 1.54) is 14.2 Å². The van der Waals surface area contributed by atoms with Gasteiger partial charge in [-0.25, -0.2) is 4.98 Å². The van der Waals surface area contributed by atoms with E-state index in [2.05, 4.69) is 16.5 Å². The van der Waals surface area contributed by atoms with Gasteiger partial charge in [-0.15, -0.1) is 0 Å². The van der Waals surface area contributed by atoms with Crippen molar-refractivity contribution >= 4 is 0 Å². The number of ether oxygens (including phenoxy) is 2. The number of aromatic nitrogens is 2. The average Bonchev–Trinajstić information content (AvgIpc) is 2.98. The van der Waals surface area contributed by atoms with E-state index in [-0.39, 0.29) is 5.69 Å². The lowest BCUT2D eigenvalue weighted by Gasteiger charge is -2.22. The number of halogens is 1. The zero-order valence-electron chi connectivity index (χ0n) is 15.8. The van der Waals surface area contributed by atoms with Crippen LogP contribution < -0.4 is 0 Å². The summed E-state index contributed by atoms with van der Waals surface area (Å²) in [4.78, 5) is 6.60. The molecule has 0 atom stereocenters. The molecule has 0 radical (unpaired) electrons. The van der Waals surface area contributed by atoms with Crippen LogP contribution in [0.2, 0.25) is 0 Å². The first kappa shape index (κ1) is 19.6. The van der Waals surface area contributed by atoms with E-state index in [9.17, 15) is 0 Å². The average molecular weight is 349 g/mol. The zero-order valence-corrected chi connectivity index (χ0v) is 15.8. The van der Waals surface area contributed by atoms with Crippen LogP contribution in [0.4, 0.5) is 4.39 Å². The molecule has 1 heterocycles. The predicted molar refractivity (Wildman–Crippen MR) is 96.8 cm³/mol. The molecule has 0 aliphatic carbocycles. The van der Waals surface area contributed by atoms with Gasteiger partial charge in [0, 0.05) is 32.9 Å². The molecule has 1 aromatic heterocycles. The van der Waals surface area contributed by atoms with Gasteiger partial charge >= 0.3 is 6.04 Å². The molecule has 0 N–H and O–H groups in total. The Morgan fingerprint density at radius 2 is 1.80 bits per heavy atom. The molecule has 0 aliphatic heterocycles. The van der Waals surface area contributed by atoms with Gasteiger partial charge in [-0.2, -0.15) is 4.39 Å². The predicted octanol–water partition coefficient (Wildman–Crippen LogP) is 3.78. The maximum atomic E-state index is 15.2. The minimum Gasteiger partial charge on any atom is -0.326 e. The topological polar surface area (TPSA) is 39.5 Å². The van der Waals surface area contributed by atoms with Crippen LogP contribution in [0.15, 0.2) is 30.3 Å². The Kier molecular flexibility index (Phi) is 6.70. The maximum Gasteiger partial charge on any atom is 0.367 e. The van der Waals surface area contributed by atoms with Gasteiger partial charge in [-0.05, 0) is 20.5 Å². The summed E-state index contributed by atoms with van der Waals surface area (Å²) >= 11 is 0. The summed E-state index contributed by atoms with van der Waals surface area (Å²) in [7, 11) is 6.47. The maximum absolute atomic E-state index is 15.2. The molecule has 2 aromatic rings. The van der Waals surface area contributed by atoms with Gasteiger partial charge in [0.15, 0.2) is 5.69 Å². The number of methoxy groups -OCH3 is 2. The van der Waals surface area contributed by atoms with Crippen molar-refractivity contribution in [1.29, 1.82) is 0 Å². The summed E-state index contributed by atoms with van der Waals surface area (Å²) < 4.78 is 27.3. The molecule has 138 valence electrons. The lowest BCUT2D eigenvalue weighted by atomic mass is 10.2. The van der Waals surface area contributed by atoms with Crippen molar-refractivity contribution in [2.24, 2.45) is 0 Å². The third-order valence-electron chi connectivity index (χ3n) is 4.11. The van der Waals surface area contributed by atoms with Crippen LogP contribution >= 0.6 is 0 Å². The number of rotatable bonds is 9. The molecule has 0 bridgehead atoms. The second kappa shape index (κ2) is 8.56. The number of nitrogens with zero attached hydrogens (tertiary/aromatic N) is 3. The quantitative estimate of drug-likeness (QED) is 0.646. The lowest BCUT2D eigenvalue weighted by molar-refractivity contribution is -0.306. The van der Waals surface area contributed by atoms with E-state index in [0.29, 0.717) is 6.54 Å². The smallest absolute Gasteiger partial charge is 0.326 e. The normalized spacial score (nSPS) is 12.1. The third kappa shape index (κ3) is 4.26. The van der Waals surface area contributed by atoms with Gasteiger partial charge in [-0.1, -0.05) is 43.7 Å². The molecular formula is C19H28FN3O2. The summed E-state index contributed by atoms with van der Waals surface area (Å²) in [5, 5.41) is 0.